The first-order valence-corrected chi connectivity index (χ1v) is 13.6. The van der Waals surface area contributed by atoms with Crippen molar-refractivity contribution in [2.75, 3.05) is 10.6 Å². The van der Waals surface area contributed by atoms with E-state index in [0.29, 0.717) is 42.6 Å². The molecule has 0 aliphatic rings. The van der Waals surface area contributed by atoms with E-state index >= 15 is 0 Å². The minimum atomic E-state index is -0.543. The molecule has 12 heteroatoms. The third-order valence-electron chi connectivity index (χ3n) is 6.25. The summed E-state index contributed by atoms with van der Waals surface area (Å²) >= 11 is 25.5. The summed E-state index contributed by atoms with van der Waals surface area (Å²) < 4.78 is 10.7. The average Bonchev–Trinajstić information content (AvgIpc) is 3.48. The smallest absolute Gasteiger partial charge is 0.261 e. The first kappa shape index (κ1) is 28.7. The second-order valence-corrected chi connectivity index (χ2v) is 10.7. The van der Waals surface area contributed by atoms with Crippen LogP contribution in [0.4, 0.5) is 11.4 Å². The highest BCUT2D eigenvalue weighted by Gasteiger charge is 2.28. The molecular weight excluding hydrogens is 610 g/mol. The zero-order chi connectivity index (χ0) is 29.4. The molecule has 2 heterocycles. The lowest BCUT2D eigenvalue weighted by atomic mass is 10.0. The van der Waals surface area contributed by atoms with E-state index in [1.54, 1.807) is 68.4 Å². The highest BCUT2D eigenvalue weighted by Crippen LogP contribution is 2.39. The molecule has 0 unspecified atom stereocenters. The molecule has 0 saturated heterocycles. The van der Waals surface area contributed by atoms with Crippen LogP contribution in [0.2, 0.25) is 20.1 Å². The molecule has 5 rings (SSSR count). The number of halogens is 4. The van der Waals surface area contributed by atoms with Gasteiger partial charge in [0, 0.05) is 11.1 Å². The Balaban J connectivity index is 1.49. The molecular formula is C29H20Cl4N4O4. The SMILES string of the molecule is Cc1ccc(NC(=O)c2c(-c3c(Cl)cccc3Cl)noc2C)c(NC(=O)c2c(-c3c(Cl)cccc3Cl)noc2C)c1. The van der Waals surface area contributed by atoms with Crippen molar-refractivity contribution in [3.8, 4) is 22.5 Å². The maximum Gasteiger partial charge on any atom is 0.261 e. The molecule has 0 fully saturated rings. The van der Waals surface area contributed by atoms with E-state index in [2.05, 4.69) is 20.9 Å². The molecule has 2 amide bonds. The standard InChI is InChI=1S/C29H20Cl4N4O4/c1-13-10-11-20(34-28(38)22-14(2)40-36-26(22)24-16(30)6-4-7-17(24)31)21(12-13)35-29(39)23-15(3)41-37-27(23)25-18(32)8-5-9-19(25)33/h4-12H,1-3H3,(H,34,38)(H,35,39). The van der Waals surface area contributed by atoms with Crippen molar-refractivity contribution in [2.45, 2.75) is 20.8 Å². The zero-order valence-corrected chi connectivity index (χ0v) is 24.8. The van der Waals surface area contributed by atoms with Crippen LogP contribution in [0, 0.1) is 20.8 Å². The number of carbonyl (C=O) groups excluding carboxylic acids is 2. The number of amides is 2. The van der Waals surface area contributed by atoms with Gasteiger partial charge in [0.05, 0.1) is 31.5 Å². The number of benzene rings is 3. The molecule has 0 aliphatic heterocycles. The van der Waals surface area contributed by atoms with Gasteiger partial charge in [-0.25, -0.2) is 0 Å². The Morgan fingerprint density at radius 3 is 1.49 bits per heavy atom. The summed E-state index contributed by atoms with van der Waals surface area (Å²) in [5.74, 6) is -0.570. The number of aromatic nitrogens is 2. The quantitative estimate of drug-likeness (QED) is 0.194. The van der Waals surface area contributed by atoms with E-state index in [0.717, 1.165) is 5.56 Å². The van der Waals surface area contributed by atoms with Gasteiger partial charge < -0.3 is 19.7 Å². The predicted molar refractivity (Wildman–Crippen MR) is 160 cm³/mol. The summed E-state index contributed by atoms with van der Waals surface area (Å²) in [7, 11) is 0. The monoisotopic (exact) mass is 628 g/mol. The summed E-state index contributed by atoms with van der Waals surface area (Å²) in [6.07, 6.45) is 0. The lowest BCUT2D eigenvalue weighted by molar-refractivity contribution is 0.101. The lowest BCUT2D eigenvalue weighted by Crippen LogP contribution is -2.18. The molecule has 2 aromatic heterocycles. The fraction of sp³-hybridized carbons (Fsp3) is 0.103. The van der Waals surface area contributed by atoms with E-state index in [-0.39, 0.29) is 34.0 Å². The van der Waals surface area contributed by atoms with Gasteiger partial charge in [0.1, 0.15) is 34.0 Å². The maximum atomic E-state index is 13.6. The molecule has 0 radical (unpaired) electrons. The Morgan fingerprint density at radius 1 is 0.634 bits per heavy atom. The van der Waals surface area contributed by atoms with E-state index in [1.807, 2.05) is 6.92 Å². The average molecular weight is 630 g/mol. The van der Waals surface area contributed by atoms with Crippen LogP contribution in [-0.4, -0.2) is 22.1 Å². The molecule has 0 spiro atoms. The number of nitrogens with one attached hydrogen (secondary N) is 2. The normalized spacial score (nSPS) is 11.0. The number of aryl methyl sites for hydroxylation is 3. The highest BCUT2D eigenvalue weighted by molar-refractivity contribution is 6.40. The highest BCUT2D eigenvalue weighted by atomic mass is 35.5. The summed E-state index contributed by atoms with van der Waals surface area (Å²) in [5, 5.41) is 15.0. The van der Waals surface area contributed by atoms with E-state index < -0.39 is 11.8 Å². The van der Waals surface area contributed by atoms with E-state index in [9.17, 15) is 9.59 Å². The predicted octanol–water partition coefficient (Wildman–Crippen LogP) is 9.04. The van der Waals surface area contributed by atoms with Crippen LogP contribution in [-0.2, 0) is 0 Å². The van der Waals surface area contributed by atoms with Gasteiger partial charge in [0.25, 0.3) is 11.8 Å². The lowest BCUT2D eigenvalue weighted by Gasteiger charge is -2.14. The third-order valence-corrected chi connectivity index (χ3v) is 7.51. The second kappa shape index (κ2) is 11.6. The van der Waals surface area contributed by atoms with Gasteiger partial charge in [-0.1, -0.05) is 74.9 Å². The van der Waals surface area contributed by atoms with Crippen molar-refractivity contribution in [2.24, 2.45) is 0 Å². The first-order chi connectivity index (χ1) is 19.6. The van der Waals surface area contributed by atoms with E-state index in [4.69, 9.17) is 55.4 Å². The van der Waals surface area contributed by atoms with Crippen molar-refractivity contribution in [1.29, 1.82) is 0 Å². The second-order valence-electron chi connectivity index (χ2n) is 9.08. The van der Waals surface area contributed by atoms with Crippen molar-refractivity contribution < 1.29 is 18.6 Å². The number of nitrogens with zero attached hydrogens (tertiary/aromatic N) is 2. The Kier molecular flexibility index (Phi) is 8.11. The van der Waals surface area contributed by atoms with Gasteiger partial charge in [-0.15, -0.1) is 0 Å². The summed E-state index contributed by atoms with van der Waals surface area (Å²) in [5.41, 5.74) is 2.87. The van der Waals surface area contributed by atoms with Crippen LogP contribution >= 0.6 is 46.4 Å². The molecule has 2 N–H and O–H groups in total. The minimum Gasteiger partial charge on any atom is -0.360 e. The van der Waals surface area contributed by atoms with Gasteiger partial charge in [-0.05, 0) is 62.7 Å². The van der Waals surface area contributed by atoms with Gasteiger partial charge in [-0.3, -0.25) is 9.59 Å². The molecule has 3 aromatic carbocycles. The molecule has 0 bridgehead atoms. The Hall–Kier alpha value is -3.82. The van der Waals surface area contributed by atoms with Crippen LogP contribution in [0.3, 0.4) is 0 Å². The third kappa shape index (κ3) is 5.56. The summed E-state index contributed by atoms with van der Waals surface area (Å²) in [4.78, 5) is 27.2. The van der Waals surface area contributed by atoms with Gasteiger partial charge >= 0.3 is 0 Å². The molecule has 208 valence electrons. The van der Waals surface area contributed by atoms with Crippen molar-refractivity contribution in [3.05, 3.63) is 103 Å². The number of hydrogen-bond acceptors (Lipinski definition) is 6. The van der Waals surface area contributed by atoms with Crippen molar-refractivity contribution in [3.63, 3.8) is 0 Å². The van der Waals surface area contributed by atoms with Gasteiger partial charge in [-0.2, -0.15) is 0 Å². The fourth-order valence-corrected chi connectivity index (χ4v) is 5.46. The molecule has 5 aromatic rings. The first-order valence-electron chi connectivity index (χ1n) is 12.1. The number of hydrogen-bond donors (Lipinski definition) is 2. The number of rotatable bonds is 6. The Bertz CT molecular complexity index is 1790. The Labute approximate surface area is 254 Å². The fourth-order valence-electron chi connectivity index (χ4n) is 4.31. The zero-order valence-electron chi connectivity index (χ0n) is 21.7. The molecule has 41 heavy (non-hydrogen) atoms. The summed E-state index contributed by atoms with van der Waals surface area (Å²) in [6, 6.07) is 15.1. The number of carbonyl (C=O) groups is 2. The molecule has 8 nitrogen and oxygen atoms in total. The van der Waals surface area contributed by atoms with Gasteiger partial charge in [0.15, 0.2) is 0 Å². The van der Waals surface area contributed by atoms with Crippen LogP contribution in [0.1, 0.15) is 37.8 Å². The van der Waals surface area contributed by atoms with Crippen LogP contribution in [0.5, 0.6) is 0 Å². The van der Waals surface area contributed by atoms with Crippen LogP contribution in [0.15, 0.2) is 63.6 Å². The maximum absolute atomic E-state index is 13.6. The molecule has 0 aliphatic carbocycles. The van der Waals surface area contributed by atoms with Crippen molar-refractivity contribution >= 4 is 69.6 Å². The van der Waals surface area contributed by atoms with Crippen LogP contribution in [0.25, 0.3) is 22.5 Å². The minimum absolute atomic E-state index is 0.142. The molecule has 0 saturated carbocycles. The van der Waals surface area contributed by atoms with Crippen LogP contribution < -0.4 is 10.6 Å². The topological polar surface area (TPSA) is 110 Å². The molecule has 0 atom stereocenters. The van der Waals surface area contributed by atoms with Gasteiger partial charge in [0.2, 0.25) is 0 Å². The Morgan fingerprint density at radius 2 is 1.05 bits per heavy atom. The van der Waals surface area contributed by atoms with Crippen molar-refractivity contribution in [1.82, 2.24) is 10.3 Å². The summed E-state index contributed by atoms with van der Waals surface area (Å²) in [6.45, 7) is 5.05. The number of anilines is 2. The largest absolute Gasteiger partial charge is 0.360 e. The van der Waals surface area contributed by atoms with E-state index in [1.165, 1.54) is 0 Å².